The molecule has 9 aromatic rings. The van der Waals surface area contributed by atoms with Crippen molar-refractivity contribution in [1.82, 2.24) is 19.1 Å². The molecule has 0 saturated heterocycles. The van der Waals surface area contributed by atoms with Crippen LogP contribution in [0, 0.1) is 0 Å². The zero-order chi connectivity index (χ0) is 29.0. The highest BCUT2D eigenvalue weighted by Gasteiger charge is 2.23. The maximum absolute atomic E-state index is 5.09. The van der Waals surface area contributed by atoms with Gasteiger partial charge in [-0.3, -0.25) is 9.97 Å². The van der Waals surface area contributed by atoms with Gasteiger partial charge in [0.1, 0.15) is 11.0 Å². The minimum Gasteiger partial charge on any atom is -0.307 e. The van der Waals surface area contributed by atoms with E-state index in [1.54, 1.807) is 0 Å². The number of hydrogen-bond donors (Lipinski definition) is 0. The van der Waals surface area contributed by atoms with Gasteiger partial charge in [-0.05, 0) is 64.7 Å². The molecule has 5 aromatic carbocycles. The van der Waals surface area contributed by atoms with Gasteiger partial charge in [-0.2, -0.15) is 0 Å². The zero-order valence-corrected chi connectivity index (χ0v) is 23.8. The van der Waals surface area contributed by atoms with Gasteiger partial charge in [0.05, 0.1) is 22.1 Å². The van der Waals surface area contributed by atoms with E-state index in [1.165, 1.54) is 27.6 Å². The van der Waals surface area contributed by atoms with Crippen molar-refractivity contribution in [2.75, 3.05) is 0 Å². The van der Waals surface area contributed by atoms with Gasteiger partial charge < -0.3 is 9.13 Å². The van der Waals surface area contributed by atoms with Crippen LogP contribution in [0.1, 0.15) is 0 Å². The summed E-state index contributed by atoms with van der Waals surface area (Å²) in [4.78, 5) is 9.95. The van der Waals surface area contributed by atoms with E-state index in [1.807, 2.05) is 18.5 Å². The number of para-hydroxylation sites is 1. The molecule has 0 aliphatic rings. The predicted octanol–water partition coefficient (Wildman–Crippen LogP) is 10.0. The topological polar surface area (TPSA) is 35.6 Å². The van der Waals surface area contributed by atoms with Crippen LogP contribution in [-0.2, 0) is 0 Å². The fourth-order valence-corrected chi connectivity index (χ4v) is 6.64. The molecule has 4 heterocycles. The quantitative estimate of drug-likeness (QED) is 0.214. The normalized spacial score (nSPS) is 11.6. The van der Waals surface area contributed by atoms with Gasteiger partial charge in [0.2, 0.25) is 0 Å². The lowest BCUT2D eigenvalue weighted by Crippen LogP contribution is -1.99. The Morgan fingerprint density at radius 3 is 1.64 bits per heavy atom. The number of hydrogen-bond acceptors (Lipinski definition) is 2. The van der Waals surface area contributed by atoms with E-state index >= 15 is 0 Å². The Bertz CT molecular complexity index is 2310. The van der Waals surface area contributed by atoms with Crippen LogP contribution in [0.4, 0.5) is 0 Å². The Morgan fingerprint density at radius 1 is 0.386 bits per heavy atom. The largest absolute Gasteiger partial charge is 0.307 e. The molecule has 9 rings (SSSR count). The van der Waals surface area contributed by atoms with Crippen LogP contribution < -0.4 is 0 Å². The summed E-state index contributed by atoms with van der Waals surface area (Å²) in [5, 5.41) is 2.28. The third-order valence-corrected chi connectivity index (χ3v) is 8.58. The van der Waals surface area contributed by atoms with Gasteiger partial charge in [-0.15, -0.1) is 0 Å². The van der Waals surface area contributed by atoms with Gasteiger partial charge in [0.25, 0.3) is 0 Å². The second-order valence-electron chi connectivity index (χ2n) is 11.1. The van der Waals surface area contributed by atoms with Crippen molar-refractivity contribution in [2.45, 2.75) is 0 Å². The summed E-state index contributed by atoms with van der Waals surface area (Å²) in [6, 6.07) is 51.5. The summed E-state index contributed by atoms with van der Waals surface area (Å²) in [5.74, 6) is 0. The number of aromatic nitrogens is 4. The lowest BCUT2D eigenvalue weighted by atomic mass is 10.1. The van der Waals surface area contributed by atoms with Gasteiger partial charge in [0, 0.05) is 34.5 Å². The van der Waals surface area contributed by atoms with Crippen LogP contribution in [0.2, 0.25) is 0 Å². The van der Waals surface area contributed by atoms with Crippen LogP contribution in [0.3, 0.4) is 0 Å². The number of rotatable bonds is 4. The highest BCUT2D eigenvalue weighted by molar-refractivity contribution is 6.21. The number of benzene rings is 5. The molecule has 0 N–H and O–H groups in total. The molecule has 0 radical (unpaired) electrons. The first-order valence-electron chi connectivity index (χ1n) is 14.8. The summed E-state index contributed by atoms with van der Waals surface area (Å²) in [5.41, 5.74) is 13.0. The first-order chi connectivity index (χ1) is 21.8. The van der Waals surface area contributed by atoms with E-state index in [4.69, 9.17) is 9.97 Å². The van der Waals surface area contributed by atoms with Gasteiger partial charge in [0.15, 0.2) is 0 Å². The number of nitrogens with zero attached hydrogens (tertiary/aromatic N) is 4. The van der Waals surface area contributed by atoms with Crippen LogP contribution in [-0.4, -0.2) is 19.1 Å². The van der Waals surface area contributed by atoms with Gasteiger partial charge in [-0.1, -0.05) is 103 Å². The van der Waals surface area contributed by atoms with Gasteiger partial charge >= 0.3 is 0 Å². The summed E-state index contributed by atoms with van der Waals surface area (Å²) in [6.45, 7) is 0. The maximum Gasteiger partial charge on any atom is 0.117 e. The van der Waals surface area contributed by atoms with E-state index in [2.05, 4.69) is 149 Å². The molecular weight excluding hydrogens is 536 g/mol. The molecule has 206 valence electrons. The number of fused-ring (bicyclic) bond motifs is 7. The van der Waals surface area contributed by atoms with Crippen molar-refractivity contribution in [3.63, 3.8) is 0 Å². The molecule has 0 fully saturated rings. The van der Waals surface area contributed by atoms with Crippen LogP contribution in [0.25, 0.3) is 77.5 Å². The zero-order valence-electron chi connectivity index (χ0n) is 23.8. The van der Waals surface area contributed by atoms with Gasteiger partial charge in [-0.25, -0.2) is 0 Å². The highest BCUT2D eigenvalue weighted by Crippen LogP contribution is 2.40. The fraction of sp³-hybridized carbons (Fsp3) is 0. The average Bonchev–Trinajstić information content (AvgIpc) is 3.62. The Hall–Kier alpha value is -6.00. The highest BCUT2D eigenvalue weighted by atomic mass is 15.1. The third kappa shape index (κ3) is 3.71. The molecular formula is C40H26N4. The Labute approximate surface area is 254 Å². The molecule has 0 bridgehead atoms. The molecule has 4 aromatic heterocycles. The minimum absolute atomic E-state index is 0.890. The summed E-state index contributed by atoms with van der Waals surface area (Å²) >= 11 is 0. The maximum atomic E-state index is 5.09. The lowest BCUT2D eigenvalue weighted by molar-refractivity contribution is 1.14. The van der Waals surface area contributed by atoms with Crippen molar-refractivity contribution in [3.8, 4) is 33.6 Å². The van der Waals surface area contributed by atoms with Crippen molar-refractivity contribution in [1.29, 1.82) is 0 Å². The molecule has 0 atom stereocenters. The van der Waals surface area contributed by atoms with E-state index in [-0.39, 0.29) is 0 Å². The molecule has 0 unspecified atom stereocenters. The molecule has 0 aliphatic carbocycles. The van der Waals surface area contributed by atoms with E-state index in [9.17, 15) is 0 Å². The van der Waals surface area contributed by atoms with Crippen molar-refractivity contribution < 1.29 is 0 Å². The average molecular weight is 563 g/mol. The van der Waals surface area contributed by atoms with E-state index in [0.29, 0.717) is 0 Å². The Balaban J connectivity index is 1.42. The summed E-state index contributed by atoms with van der Waals surface area (Å²) < 4.78 is 4.74. The fourth-order valence-electron chi connectivity index (χ4n) is 6.64. The second-order valence-corrected chi connectivity index (χ2v) is 11.1. The lowest BCUT2D eigenvalue weighted by Gasteiger charge is -2.14. The van der Waals surface area contributed by atoms with E-state index in [0.717, 1.165) is 49.9 Å². The van der Waals surface area contributed by atoms with Crippen LogP contribution >= 0.6 is 0 Å². The van der Waals surface area contributed by atoms with Crippen LogP contribution in [0.15, 0.2) is 158 Å². The summed E-state index contributed by atoms with van der Waals surface area (Å²) in [7, 11) is 0. The van der Waals surface area contributed by atoms with Crippen molar-refractivity contribution >= 4 is 43.9 Å². The van der Waals surface area contributed by atoms with Crippen molar-refractivity contribution in [3.05, 3.63) is 158 Å². The predicted molar refractivity (Wildman–Crippen MR) is 182 cm³/mol. The van der Waals surface area contributed by atoms with E-state index < -0.39 is 0 Å². The van der Waals surface area contributed by atoms with Crippen molar-refractivity contribution in [2.24, 2.45) is 0 Å². The first-order valence-corrected chi connectivity index (χ1v) is 14.8. The Morgan fingerprint density at radius 2 is 0.955 bits per heavy atom. The standard InChI is InChI=1S/C40H26N4/c1-3-12-27(13-4-1)29-16-9-18-31(24-29)43-35-21-8-7-20-33(35)34-26-42-38-37-36(22-11-23-41-37)44(40(38)39(34)43)32-19-10-17-30(25-32)28-14-5-2-6-15-28/h1-26H. The molecule has 0 saturated carbocycles. The molecule has 0 spiro atoms. The molecule has 0 amide bonds. The first kappa shape index (κ1) is 24.6. The summed E-state index contributed by atoms with van der Waals surface area (Å²) in [6.07, 6.45) is 3.88. The molecule has 4 nitrogen and oxygen atoms in total. The molecule has 44 heavy (non-hydrogen) atoms. The third-order valence-electron chi connectivity index (χ3n) is 8.58. The number of pyridine rings is 2. The smallest absolute Gasteiger partial charge is 0.117 e. The second kappa shape index (κ2) is 9.79. The Kier molecular flexibility index (Phi) is 5.47. The van der Waals surface area contributed by atoms with Crippen LogP contribution in [0.5, 0.6) is 0 Å². The SMILES string of the molecule is c1ccc(-c2cccc(-n3c4ccccc4c4cnc5c6ncccc6n(-c6cccc(-c7ccccc7)c6)c5c43)c2)cc1. The minimum atomic E-state index is 0.890. The molecule has 4 heteroatoms. The molecule has 0 aliphatic heterocycles. The monoisotopic (exact) mass is 562 g/mol.